The third-order valence-electron chi connectivity index (χ3n) is 2.25. The van der Waals surface area contributed by atoms with Crippen molar-refractivity contribution in [2.24, 2.45) is 0 Å². The molecule has 0 fully saturated rings. The normalized spacial score (nSPS) is 9.65. The first-order chi connectivity index (χ1) is 8.22. The Hall–Kier alpha value is -1.84. The fourth-order valence-electron chi connectivity index (χ4n) is 1.46. The van der Waals surface area contributed by atoms with Crippen LogP contribution in [0.15, 0.2) is 18.5 Å². The number of aromatic amines is 1. The molecule has 2 rings (SSSR count). The summed E-state index contributed by atoms with van der Waals surface area (Å²) in [4.78, 5) is 18.6. The summed E-state index contributed by atoms with van der Waals surface area (Å²) in [5.41, 5.74) is 2.36. The van der Waals surface area contributed by atoms with E-state index in [9.17, 15) is 4.79 Å². The zero-order valence-electron chi connectivity index (χ0n) is 10.7. The van der Waals surface area contributed by atoms with E-state index in [0.29, 0.717) is 12.2 Å². The van der Waals surface area contributed by atoms with Crippen molar-refractivity contribution >= 4 is 17.0 Å². The first kappa shape index (κ1) is 13.2. The number of hydrogen-bond donors (Lipinski definition) is 1. The predicted octanol–water partition coefficient (Wildman–Crippen LogP) is 3.32. The van der Waals surface area contributed by atoms with E-state index in [1.807, 2.05) is 27.0 Å². The summed E-state index contributed by atoms with van der Waals surface area (Å²) in [6.07, 6.45) is 3.39. The number of carbonyl (C=O) groups excluding carboxylic acids is 1. The van der Waals surface area contributed by atoms with E-state index >= 15 is 0 Å². The number of nitrogens with one attached hydrogen (secondary N) is 1. The molecule has 0 saturated carbocycles. The van der Waals surface area contributed by atoms with E-state index < -0.39 is 0 Å². The molecule has 0 unspecified atom stereocenters. The minimum Gasteiger partial charge on any atom is -0.462 e. The Labute approximate surface area is 102 Å². The minimum atomic E-state index is -0.326. The number of aromatic nitrogens is 2. The summed E-state index contributed by atoms with van der Waals surface area (Å²) < 4.78 is 4.90. The Morgan fingerprint density at radius 2 is 2.24 bits per heavy atom. The van der Waals surface area contributed by atoms with Crippen molar-refractivity contribution in [1.82, 2.24) is 9.97 Å². The van der Waals surface area contributed by atoms with E-state index in [1.165, 1.54) is 6.20 Å². The molecule has 1 N–H and O–H groups in total. The Bertz CT molecular complexity index is 509. The molecule has 0 radical (unpaired) electrons. The molecular formula is C13H20N2O2. The van der Waals surface area contributed by atoms with Gasteiger partial charge in [-0.05, 0) is 25.5 Å². The van der Waals surface area contributed by atoms with Crippen molar-refractivity contribution in [2.45, 2.75) is 27.7 Å². The van der Waals surface area contributed by atoms with Crippen molar-refractivity contribution in [2.75, 3.05) is 6.61 Å². The average molecular weight is 236 g/mol. The number of rotatable bonds is 2. The number of pyridine rings is 1. The average Bonchev–Trinajstić information content (AvgIpc) is 2.73. The lowest BCUT2D eigenvalue weighted by Gasteiger charge is -2.01. The topological polar surface area (TPSA) is 55.0 Å². The van der Waals surface area contributed by atoms with Gasteiger partial charge in [-0.3, -0.25) is 0 Å². The smallest absolute Gasteiger partial charge is 0.339 e. The van der Waals surface area contributed by atoms with E-state index in [4.69, 9.17) is 4.74 Å². The van der Waals surface area contributed by atoms with Crippen LogP contribution in [0.3, 0.4) is 0 Å². The number of esters is 1. The second-order valence-electron chi connectivity index (χ2n) is 3.31. The van der Waals surface area contributed by atoms with Gasteiger partial charge >= 0.3 is 5.97 Å². The van der Waals surface area contributed by atoms with E-state index in [0.717, 1.165) is 16.6 Å². The van der Waals surface area contributed by atoms with E-state index in [-0.39, 0.29) is 7.40 Å². The number of carbonyl (C=O) groups is 1. The standard InChI is InChI=1S/C11H12N2O2.C2H6.H2/c1-3-15-11(14)8-4-9-7(2)5-12-10(9)13-6-8;1-2;/h4-6H,3H2,1-2H3,(H,12,13);1-2H3;1H. The SMILES string of the molecule is CC.CCOC(=O)c1cnc2[nH]cc(C)c2c1.[HH]. The summed E-state index contributed by atoms with van der Waals surface area (Å²) in [5, 5.41) is 0.959. The van der Waals surface area contributed by atoms with Gasteiger partial charge in [-0.25, -0.2) is 9.78 Å². The third-order valence-corrected chi connectivity index (χ3v) is 2.25. The van der Waals surface area contributed by atoms with Crippen LogP contribution in [0.5, 0.6) is 0 Å². The van der Waals surface area contributed by atoms with Gasteiger partial charge in [-0.2, -0.15) is 0 Å². The van der Waals surface area contributed by atoms with Crippen molar-refractivity contribution in [3.63, 3.8) is 0 Å². The van der Waals surface area contributed by atoms with Gasteiger partial charge < -0.3 is 9.72 Å². The molecule has 17 heavy (non-hydrogen) atoms. The Morgan fingerprint density at radius 1 is 1.53 bits per heavy atom. The van der Waals surface area contributed by atoms with Gasteiger partial charge in [-0.15, -0.1) is 0 Å². The second kappa shape index (κ2) is 6.03. The number of nitrogens with zero attached hydrogens (tertiary/aromatic N) is 1. The maximum atomic E-state index is 11.4. The fourth-order valence-corrected chi connectivity index (χ4v) is 1.46. The van der Waals surface area contributed by atoms with Gasteiger partial charge in [0.05, 0.1) is 12.2 Å². The largest absolute Gasteiger partial charge is 0.462 e. The molecule has 0 aliphatic carbocycles. The van der Waals surface area contributed by atoms with Gasteiger partial charge in [0.2, 0.25) is 0 Å². The minimum absolute atomic E-state index is 0. The molecule has 0 aromatic carbocycles. The molecule has 0 bridgehead atoms. The van der Waals surface area contributed by atoms with Crippen LogP contribution in [0.2, 0.25) is 0 Å². The monoisotopic (exact) mass is 236 g/mol. The summed E-state index contributed by atoms with van der Waals surface area (Å²) in [7, 11) is 0. The molecule has 4 nitrogen and oxygen atoms in total. The molecule has 0 aliphatic heterocycles. The van der Waals surface area contributed by atoms with Gasteiger partial charge in [0.15, 0.2) is 0 Å². The van der Waals surface area contributed by atoms with Gasteiger partial charge in [-0.1, -0.05) is 13.8 Å². The highest BCUT2D eigenvalue weighted by Gasteiger charge is 2.09. The molecule has 4 heteroatoms. The Morgan fingerprint density at radius 3 is 2.88 bits per heavy atom. The predicted molar refractivity (Wildman–Crippen MR) is 70.2 cm³/mol. The molecule has 0 amide bonds. The molecule has 0 aliphatic rings. The maximum absolute atomic E-state index is 11.4. The molecule has 2 aromatic rings. The lowest BCUT2D eigenvalue weighted by Crippen LogP contribution is -2.04. The highest BCUT2D eigenvalue weighted by atomic mass is 16.5. The molecule has 94 valence electrons. The summed E-state index contributed by atoms with van der Waals surface area (Å²) in [6, 6.07) is 1.80. The number of H-pyrrole nitrogens is 1. The van der Waals surface area contributed by atoms with Crippen LogP contribution in [0.25, 0.3) is 11.0 Å². The maximum Gasteiger partial charge on any atom is 0.339 e. The Kier molecular flexibility index (Phi) is 4.69. The number of hydrogen-bond acceptors (Lipinski definition) is 3. The first-order valence-electron chi connectivity index (χ1n) is 5.83. The van der Waals surface area contributed by atoms with Crippen molar-refractivity contribution < 1.29 is 11.0 Å². The van der Waals surface area contributed by atoms with Crippen LogP contribution in [-0.4, -0.2) is 22.5 Å². The van der Waals surface area contributed by atoms with Crippen LogP contribution in [0.1, 0.15) is 38.1 Å². The Balaban J connectivity index is 0.000000917. The number of aryl methyl sites for hydroxylation is 1. The van der Waals surface area contributed by atoms with Gasteiger partial charge in [0.25, 0.3) is 0 Å². The molecule has 0 atom stereocenters. The summed E-state index contributed by atoms with van der Waals surface area (Å²) in [6.45, 7) is 8.13. The van der Waals surface area contributed by atoms with E-state index in [2.05, 4.69) is 9.97 Å². The summed E-state index contributed by atoms with van der Waals surface area (Å²) in [5.74, 6) is -0.326. The molecule has 0 spiro atoms. The van der Waals surface area contributed by atoms with Crippen LogP contribution in [0.4, 0.5) is 0 Å². The second-order valence-corrected chi connectivity index (χ2v) is 3.31. The van der Waals surface area contributed by atoms with Crippen LogP contribution in [-0.2, 0) is 4.74 Å². The third kappa shape index (κ3) is 2.84. The fraction of sp³-hybridized carbons (Fsp3) is 0.385. The van der Waals surface area contributed by atoms with Crippen LogP contribution >= 0.6 is 0 Å². The highest BCUT2D eigenvalue weighted by Crippen LogP contribution is 2.16. The molecular weight excluding hydrogens is 216 g/mol. The zero-order chi connectivity index (χ0) is 12.8. The molecule has 2 heterocycles. The lowest BCUT2D eigenvalue weighted by atomic mass is 10.2. The first-order valence-corrected chi connectivity index (χ1v) is 5.83. The number of ether oxygens (including phenoxy) is 1. The van der Waals surface area contributed by atoms with Gasteiger partial charge in [0, 0.05) is 19.2 Å². The quantitative estimate of drug-likeness (QED) is 0.814. The zero-order valence-corrected chi connectivity index (χ0v) is 10.7. The van der Waals surface area contributed by atoms with Crippen molar-refractivity contribution in [1.29, 1.82) is 0 Å². The molecule has 2 aromatic heterocycles. The van der Waals surface area contributed by atoms with Crippen molar-refractivity contribution in [3.05, 3.63) is 29.6 Å². The van der Waals surface area contributed by atoms with Crippen LogP contribution < -0.4 is 0 Å². The van der Waals surface area contributed by atoms with E-state index in [1.54, 1.807) is 13.0 Å². The lowest BCUT2D eigenvalue weighted by molar-refractivity contribution is 0.0526. The number of fused-ring (bicyclic) bond motifs is 1. The van der Waals surface area contributed by atoms with Crippen LogP contribution in [0, 0.1) is 6.92 Å². The van der Waals surface area contributed by atoms with Gasteiger partial charge in [0.1, 0.15) is 5.65 Å². The summed E-state index contributed by atoms with van der Waals surface area (Å²) >= 11 is 0. The highest BCUT2D eigenvalue weighted by molar-refractivity contribution is 5.93. The molecule has 0 saturated heterocycles. The van der Waals surface area contributed by atoms with Crippen molar-refractivity contribution in [3.8, 4) is 0 Å².